The number of nitrogens with one attached hydrogen (secondary N) is 1. The molecule has 0 aliphatic heterocycles. The van der Waals surface area contributed by atoms with E-state index in [4.69, 9.17) is 0 Å². The predicted molar refractivity (Wildman–Crippen MR) is 73.9 cm³/mol. The largest absolute Gasteiger partial charge is 0.258 e. The lowest BCUT2D eigenvalue weighted by atomic mass is 10.1. The van der Waals surface area contributed by atoms with Gasteiger partial charge in [0.05, 0.1) is 11.9 Å². The summed E-state index contributed by atoms with van der Waals surface area (Å²) >= 11 is 0. The zero-order valence-electron chi connectivity index (χ0n) is 11.2. The van der Waals surface area contributed by atoms with Crippen molar-refractivity contribution in [2.45, 2.75) is 25.8 Å². The Balaban J connectivity index is 2.56. The molecular weight excluding hydrogens is 262 g/mol. The van der Waals surface area contributed by atoms with Crippen molar-refractivity contribution in [3.05, 3.63) is 41.6 Å². The highest BCUT2D eigenvalue weighted by Gasteiger charge is 2.19. The molecule has 102 valence electrons. The third kappa shape index (κ3) is 2.85. The highest BCUT2D eigenvalue weighted by molar-refractivity contribution is 7.89. The standard InChI is InChI=1S/C13H17N3O2S/c1-4-15-19(17,18)13-5-6-14-16(13)12-8-10(2)7-11(3)9-12/h5-9,15H,4H2,1-3H3. The van der Waals surface area contributed by atoms with Gasteiger partial charge in [0.25, 0.3) is 10.0 Å². The van der Waals surface area contributed by atoms with Crippen LogP contribution in [0.15, 0.2) is 35.5 Å². The summed E-state index contributed by atoms with van der Waals surface area (Å²) in [4.78, 5) is 0. The van der Waals surface area contributed by atoms with Gasteiger partial charge in [-0.1, -0.05) is 13.0 Å². The van der Waals surface area contributed by atoms with Gasteiger partial charge in [-0.15, -0.1) is 0 Å². The molecule has 6 heteroatoms. The maximum absolute atomic E-state index is 12.1. The first-order chi connectivity index (χ1) is 8.94. The topological polar surface area (TPSA) is 64.0 Å². The van der Waals surface area contributed by atoms with Crippen molar-refractivity contribution in [3.63, 3.8) is 0 Å². The number of aromatic nitrogens is 2. The van der Waals surface area contributed by atoms with Crippen molar-refractivity contribution in [1.29, 1.82) is 0 Å². The summed E-state index contributed by atoms with van der Waals surface area (Å²) in [5.74, 6) is 0. The molecule has 0 unspecified atom stereocenters. The molecule has 2 aromatic rings. The Bertz CT molecular complexity index is 669. The third-order valence-corrected chi connectivity index (χ3v) is 4.20. The molecule has 1 N–H and O–H groups in total. The minimum absolute atomic E-state index is 0.152. The molecule has 0 fully saturated rings. The van der Waals surface area contributed by atoms with Crippen LogP contribution < -0.4 is 4.72 Å². The minimum atomic E-state index is -3.52. The van der Waals surface area contributed by atoms with Crippen LogP contribution >= 0.6 is 0 Å². The van der Waals surface area contributed by atoms with Crippen molar-refractivity contribution >= 4 is 10.0 Å². The molecule has 1 aromatic carbocycles. The van der Waals surface area contributed by atoms with Crippen molar-refractivity contribution in [3.8, 4) is 5.69 Å². The lowest BCUT2D eigenvalue weighted by molar-refractivity contribution is 0.573. The average molecular weight is 279 g/mol. The fourth-order valence-electron chi connectivity index (χ4n) is 2.03. The lowest BCUT2D eigenvalue weighted by Gasteiger charge is -2.10. The monoisotopic (exact) mass is 279 g/mol. The molecule has 0 spiro atoms. The highest BCUT2D eigenvalue weighted by atomic mass is 32.2. The van der Waals surface area contributed by atoms with E-state index in [-0.39, 0.29) is 5.03 Å². The van der Waals surface area contributed by atoms with Gasteiger partial charge < -0.3 is 0 Å². The molecule has 2 rings (SSSR count). The number of aryl methyl sites for hydroxylation is 2. The highest BCUT2D eigenvalue weighted by Crippen LogP contribution is 2.17. The zero-order chi connectivity index (χ0) is 14.0. The summed E-state index contributed by atoms with van der Waals surface area (Å²) < 4.78 is 28.1. The van der Waals surface area contributed by atoms with Crippen molar-refractivity contribution in [1.82, 2.24) is 14.5 Å². The first-order valence-corrected chi connectivity index (χ1v) is 7.54. The molecule has 0 aliphatic rings. The number of rotatable bonds is 4. The Morgan fingerprint density at radius 2 is 1.84 bits per heavy atom. The molecule has 0 radical (unpaired) electrons. The average Bonchev–Trinajstić information content (AvgIpc) is 2.76. The summed E-state index contributed by atoms with van der Waals surface area (Å²) in [7, 11) is -3.52. The Hall–Kier alpha value is -1.66. The third-order valence-electron chi connectivity index (χ3n) is 2.67. The predicted octanol–water partition coefficient (Wildman–Crippen LogP) is 1.79. The number of sulfonamides is 1. The van der Waals surface area contributed by atoms with Crippen molar-refractivity contribution < 1.29 is 8.42 Å². The molecule has 0 aliphatic carbocycles. The first kappa shape index (κ1) is 13.8. The smallest absolute Gasteiger partial charge is 0.221 e. The molecule has 1 aromatic heterocycles. The molecular formula is C13H17N3O2S. The van der Waals surface area contributed by atoms with Gasteiger partial charge in [-0.2, -0.15) is 5.10 Å². The Labute approximate surface area is 113 Å². The van der Waals surface area contributed by atoms with Crippen LogP contribution in [-0.2, 0) is 10.0 Å². The van der Waals surface area contributed by atoms with E-state index in [2.05, 4.69) is 9.82 Å². The molecule has 0 saturated carbocycles. The summed E-state index contributed by atoms with van der Waals surface area (Å²) in [6.07, 6.45) is 1.49. The maximum Gasteiger partial charge on any atom is 0.258 e. The minimum Gasteiger partial charge on any atom is -0.221 e. The van der Waals surface area contributed by atoms with Crippen LogP contribution in [0, 0.1) is 13.8 Å². The molecule has 5 nitrogen and oxygen atoms in total. The SMILES string of the molecule is CCNS(=O)(=O)c1ccnn1-c1cc(C)cc(C)c1. The van der Waals surface area contributed by atoms with Gasteiger partial charge in [-0.05, 0) is 43.2 Å². The van der Waals surface area contributed by atoms with Crippen molar-refractivity contribution in [2.24, 2.45) is 0 Å². The fourth-order valence-corrected chi connectivity index (χ4v) is 3.17. The first-order valence-electron chi connectivity index (χ1n) is 6.06. The van der Waals surface area contributed by atoms with Gasteiger partial charge in [0.15, 0.2) is 5.03 Å². The summed E-state index contributed by atoms with van der Waals surface area (Å²) in [6, 6.07) is 7.34. The second-order valence-electron chi connectivity index (χ2n) is 4.43. The van der Waals surface area contributed by atoms with E-state index in [9.17, 15) is 8.42 Å². The summed E-state index contributed by atoms with van der Waals surface area (Å²) in [6.45, 7) is 6.03. The normalized spacial score (nSPS) is 11.7. The number of nitrogens with zero attached hydrogens (tertiary/aromatic N) is 2. The van der Waals surface area contributed by atoms with Crippen LogP contribution in [0.2, 0.25) is 0 Å². The molecule has 0 saturated heterocycles. The van der Waals surface area contributed by atoms with Crippen LogP contribution in [0.4, 0.5) is 0 Å². The van der Waals surface area contributed by atoms with Crippen LogP contribution in [0.3, 0.4) is 0 Å². The fraction of sp³-hybridized carbons (Fsp3) is 0.308. The van der Waals surface area contributed by atoms with Gasteiger partial charge >= 0.3 is 0 Å². The molecule has 0 bridgehead atoms. The summed E-state index contributed by atoms with van der Waals surface area (Å²) in [5, 5.41) is 4.27. The van der Waals surface area contributed by atoms with Crippen LogP contribution in [0.1, 0.15) is 18.1 Å². The van der Waals surface area contributed by atoms with E-state index in [0.717, 1.165) is 16.8 Å². The van der Waals surface area contributed by atoms with Crippen molar-refractivity contribution in [2.75, 3.05) is 6.54 Å². The van der Waals surface area contributed by atoms with Gasteiger partial charge in [-0.25, -0.2) is 17.8 Å². The number of hydrogen-bond donors (Lipinski definition) is 1. The van der Waals surface area contributed by atoms with Gasteiger partial charge in [0, 0.05) is 6.54 Å². The Kier molecular flexibility index (Phi) is 3.73. The molecule has 19 heavy (non-hydrogen) atoms. The number of hydrogen-bond acceptors (Lipinski definition) is 3. The zero-order valence-corrected chi connectivity index (χ0v) is 12.0. The van der Waals surface area contributed by atoms with E-state index in [1.54, 1.807) is 6.92 Å². The molecule has 1 heterocycles. The van der Waals surface area contributed by atoms with E-state index >= 15 is 0 Å². The van der Waals surface area contributed by atoms with Gasteiger partial charge in [0.2, 0.25) is 0 Å². The van der Waals surface area contributed by atoms with E-state index in [0.29, 0.717) is 6.54 Å². The lowest BCUT2D eigenvalue weighted by Crippen LogP contribution is -2.25. The van der Waals surface area contributed by atoms with E-state index in [1.165, 1.54) is 16.9 Å². The second-order valence-corrected chi connectivity index (χ2v) is 6.14. The summed E-state index contributed by atoms with van der Waals surface area (Å²) in [5.41, 5.74) is 2.88. The Morgan fingerprint density at radius 1 is 1.21 bits per heavy atom. The van der Waals surface area contributed by atoms with E-state index in [1.807, 2.05) is 32.0 Å². The van der Waals surface area contributed by atoms with E-state index < -0.39 is 10.0 Å². The van der Waals surface area contributed by atoms with Crippen LogP contribution in [0.5, 0.6) is 0 Å². The number of benzene rings is 1. The van der Waals surface area contributed by atoms with Crippen LogP contribution in [-0.4, -0.2) is 24.7 Å². The Morgan fingerprint density at radius 3 is 2.42 bits per heavy atom. The molecule has 0 amide bonds. The van der Waals surface area contributed by atoms with Gasteiger partial charge in [0.1, 0.15) is 0 Å². The van der Waals surface area contributed by atoms with Crippen LogP contribution in [0.25, 0.3) is 5.69 Å². The second kappa shape index (κ2) is 5.14. The molecule has 0 atom stereocenters. The quantitative estimate of drug-likeness (QED) is 0.928. The van der Waals surface area contributed by atoms with Gasteiger partial charge in [-0.3, -0.25) is 0 Å². The maximum atomic E-state index is 12.1.